The third-order valence-electron chi connectivity index (χ3n) is 3.32. The van der Waals surface area contributed by atoms with Crippen LogP contribution in [0.3, 0.4) is 0 Å². The Kier molecular flexibility index (Phi) is 5.42. The number of hydrogen-bond acceptors (Lipinski definition) is 7. The summed E-state index contributed by atoms with van der Waals surface area (Å²) < 4.78 is 1.65. The lowest BCUT2D eigenvalue weighted by molar-refractivity contribution is -0.115. The van der Waals surface area contributed by atoms with Gasteiger partial charge in [-0.2, -0.15) is 9.94 Å². The number of thioether (sulfide) groups is 1. The Morgan fingerprint density at radius 2 is 2.16 bits per heavy atom. The second-order valence-corrected chi connectivity index (χ2v) is 7.11. The fourth-order valence-corrected chi connectivity index (χ4v) is 3.62. The average Bonchev–Trinajstić information content (AvgIpc) is 3.25. The lowest BCUT2D eigenvalue weighted by atomic mass is 10.2. The predicted octanol–water partition coefficient (Wildman–Crippen LogP) is 3.02. The molecule has 2 aromatic heterocycles. The molecule has 3 aromatic rings. The van der Waals surface area contributed by atoms with Gasteiger partial charge in [0.25, 0.3) is 0 Å². The molecule has 25 heavy (non-hydrogen) atoms. The maximum atomic E-state index is 12.0. The van der Waals surface area contributed by atoms with Crippen LogP contribution in [-0.4, -0.2) is 31.9 Å². The van der Waals surface area contributed by atoms with Crippen LogP contribution in [0.15, 0.2) is 40.9 Å². The van der Waals surface area contributed by atoms with Crippen molar-refractivity contribution < 1.29 is 4.79 Å². The standard InChI is InChI=1S/C16H14N6OS2/c1-11-2-4-13(5-3-11)22-16(19-20-21-22)25-9-7-14(23)18-15-12(10-17)6-8-24-15/h2-6,8H,7,9H2,1H3,(H,18,23). The number of nitriles is 1. The van der Waals surface area contributed by atoms with Crippen LogP contribution in [-0.2, 0) is 4.79 Å². The number of anilines is 1. The maximum Gasteiger partial charge on any atom is 0.225 e. The van der Waals surface area contributed by atoms with Crippen LogP contribution in [0.1, 0.15) is 17.5 Å². The van der Waals surface area contributed by atoms with Crippen molar-refractivity contribution in [1.29, 1.82) is 5.26 Å². The molecule has 1 amide bonds. The summed E-state index contributed by atoms with van der Waals surface area (Å²) in [6.45, 7) is 2.02. The van der Waals surface area contributed by atoms with Gasteiger partial charge in [0.05, 0.1) is 11.3 Å². The van der Waals surface area contributed by atoms with Crippen molar-refractivity contribution >= 4 is 34.0 Å². The van der Waals surface area contributed by atoms with E-state index in [1.54, 1.807) is 16.1 Å². The van der Waals surface area contributed by atoms with Crippen LogP contribution < -0.4 is 5.32 Å². The molecule has 0 bridgehead atoms. The number of aryl methyl sites for hydroxylation is 1. The van der Waals surface area contributed by atoms with Gasteiger partial charge in [-0.15, -0.1) is 16.4 Å². The van der Waals surface area contributed by atoms with Crippen molar-refractivity contribution in [2.75, 3.05) is 11.1 Å². The molecule has 2 heterocycles. The van der Waals surface area contributed by atoms with E-state index in [1.807, 2.05) is 37.3 Å². The van der Waals surface area contributed by atoms with Crippen LogP contribution in [0, 0.1) is 18.3 Å². The molecule has 1 aromatic carbocycles. The zero-order valence-corrected chi connectivity index (χ0v) is 15.0. The summed E-state index contributed by atoms with van der Waals surface area (Å²) in [6.07, 6.45) is 0.300. The molecule has 7 nitrogen and oxygen atoms in total. The average molecular weight is 370 g/mol. The van der Waals surface area contributed by atoms with Gasteiger partial charge in [-0.05, 0) is 40.9 Å². The number of carbonyl (C=O) groups is 1. The summed E-state index contributed by atoms with van der Waals surface area (Å²) in [7, 11) is 0. The van der Waals surface area contributed by atoms with E-state index in [0.29, 0.717) is 27.9 Å². The van der Waals surface area contributed by atoms with Gasteiger partial charge in [0.2, 0.25) is 11.1 Å². The lowest BCUT2D eigenvalue weighted by Gasteiger charge is -2.05. The van der Waals surface area contributed by atoms with Crippen LogP contribution in [0.5, 0.6) is 0 Å². The van der Waals surface area contributed by atoms with Crippen LogP contribution in [0.25, 0.3) is 5.69 Å². The van der Waals surface area contributed by atoms with Gasteiger partial charge in [-0.1, -0.05) is 29.5 Å². The molecule has 0 fully saturated rings. The number of nitrogens with zero attached hydrogens (tertiary/aromatic N) is 5. The highest BCUT2D eigenvalue weighted by Crippen LogP contribution is 2.23. The van der Waals surface area contributed by atoms with Gasteiger partial charge in [0.15, 0.2) is 0 Å². The number of amides is 1. The molecule has 0 spiro atoms. The number of thiophene rings is 1. The Balaban J connectivity index is 1.56. The minimum absolute atomic E-state index is 0.138. The molecule has 0 aliphatic carbocycles. The Morgan fingerprint density at radius 3 is 2.92 bits per heavy atom. The number of nitrogens with one attached hydrogen (secondary N) is 1. The predicted molar refractivity (Wildman–Crippen MR) is 96.9 cm³/mol. The van der Waals surface area contributed by atoms with E-state index in [1.165, 1.54) is 23.1 Å². The summed E-state index contributed by atoms with van der Waals surface area (Å²) >= 11 is 2.74. The highest BCUT2D eigenvalue weighted by atomic mass is 32.2. The number of hydrogen-bond donors (Lipinski definition) is 1. The molecule has 0 aliphatic rings. The first kappa shape index (κ1) is 17.1. The minimum atomic E-state index is -0.138. The number of aromatic nitrogens is 4. The highest BCUT2D eigenvalue weighted by molar-refractivity contribution is 7.99. The molecule has 0 atom stereocenters. The summed E-state index contributed by atoms with van der Waals surface area (Å²) in [5, 5.41) is 26.4. The van der Waals surface area contributed by atoms with E-state index in [2.05, 4.69) is 20.8 Å². The molecule has 126 valence electrons. The van der Waals surface area contributed by atoms with E-state index < -0.39 is 0 Å². The summed E-state index contributed by atoms with van der Waals surface area (Å²) in [5.41, 5.74) is 2.52. The Bertz CT molecular complexity index is 909. The normalized spacial score (nSPS) is 10.4. The molecule has 0 radical (unpaired) electrons. The molecular formula is C16H14N6OS2. The number of carbonyl (C=O) groups excluding carboxylic acids is 1. The first-order valence-corrected chi connectivity index (χ1v) is 9.29. The van der Waals surface area contributed by atoms with Crippen molar-refractivity contribution in [3.05, 3.63) is 46.8 Å². The van der Waals surface area contributed by atoms with Crippen molar-refractivity contribution in [3.8, 4) is 11.8 Å². The lowest BCUT2D eigenvalue weighted by Crippen LogP contribution is -2.12. The Morgan fingerprint density at radius 1 is 1.36 bits per heavy atom. The number of rotatable bonds is 6. The zero-order chi connectivity index (χ0) is 17.6. The van der Waals surface area contributed by atoms with Gasteiger partial charge in [-0.25, -0.2) is 0 Å². The van der Waals surface area contributed by atoms with E-state index >= 15 is 0 Å². The summed E-state index contributed by atoms with van der Waals surface area (Å²) in [5.74, 6) is 0.395. The molecule has 3 rings (SSSR count). The quantitative estimate of drug-likeness (QED) is 0.670. The largest absolute Gasteiger partial charge is 0.317 e. The number of benzene rings is 1. The van der Waals surface area contributed by atoms with E-state index in [9.17, 15) is 4.79 Å². The number of tetrazole rings is 1. The molecule has 0 unspecified atom stereocenters. The van der Waals surface area contributed by atoms with Gasteiger partial charge in [-0.3, -0.25) is 4.79 Å². The van der Waals surface area contributed by atoms with E-state index in [0.717, 1.165) is 11.3 Å². The van der Waals surface area contributed by atoms with Gasteiger partial charge >= 0.3 is 0 Å². The molecule has 9 heteroatoms. The highest BCUT2D eigenvalue weighted by Gasteiger charge is 2.12. The smallest absolute Gasteiger partial charge is 0.225 e. The molecule has 1 N–H and O–H groups in total. The minimum Gasteiger partial charge on any atom is -0.317 e. The van der Waals surface area contributed by atoms with E-state index in [-0.39, 0.29) is 5.91 Å². The first-order chi connectivity index (χ1) is 12.2. The second-order valence-electron chi connectivity index (χ2n) is 5.13. The Hall–Kier alpha value is -2.70. The fourth-order valence-electron chi connectivity index (χ4n) is 2.04. The zero-order valence-electron chi connectivity index (χ0n) is 13.3. The van der Waals surface area contributed by atoms with Crippen molar-refractivity contribution in [1.82, 2.24) is 20.2 Å². The van der Waals surface area contributed by atoms with Crippen molar-refractivity contribution in [3.63, 3.8) is 0 Å². The molecular weight excluding hydrogens is 356 g/mol. The topological polar surface area (TPSA) is 96.5 Å². The third kappa shape index (κ3) is 4.23. The van der Waals surface area contributed by atoms with Crippen LogP contribution in [0.4, 0.5) is 5.00 Å². The van der Waals surface area contributed by atoms with E-state index in [4.69, 9.17) is 5.26 Å². The Labute approximate surface area is 152 Å². The summed E-state index contributed by atoms with van der Waals surface area (Å²) in [4.78, 5) is 12.0. The van der Waals surface area contributed by atoms with Gasteiger partial charge in [0.1, 0.15) is 11.1 Å². The SMILES string of the molecule is Cc1ccc(-n2nnnc2SCCC(=O)Nc2sccc2C#N)cc1. The van der Waals surface area contributed by atoms with Crippen LogP contribution >= 0.6 is 23.1 Å². The molecule has 0 aliphatic heterocycles. The van der Waals surface area contributed by atoms with Crippen LogP contribution in [0.2, 0.25) is 0 Å². The third-order valence-corrected chi connectivity index (χ3v) is 5.07. The monoisotopic (exact) mass is 370 g/mol. The van der Waals surface area contributed by atoms with Crippen molar-refractivity contribution in [2.45, 2.75) is 18.5 Å². The summed E-state index contributed by atoms with van der Waals surface area (Å²) in [6, 6.07) is 11.6. The molecule has 0 saturated carbocycles. The van der Waals surface area contributed by atoms with Gasteiger partial charge in [0, 0.05) is 12.2 Å². The van der Waals surface area contributed by atoms with Gasteiger partial charge < -0.3 is 5.32 Å². The second kappa shape index (κ2) is 7.92. The fraction of sp³-hybridized carbons (Fsp3) is 0.188. The van der Waals surface area contributed by atoms with Crippen molar-refractivity contribution in [2.24, 2.45) is 0 Å². The first-order valence-electron chi connectivity index (χ1n) is 7.43. The maximum absolute atomic E-state index is 12.0. The molecule has 0 saturated heterocycles.